The van der Waals surface area contributed by atoms with Crippen molar-refractivity contribution in [3.05, 3.63) is 63.2 Å². The lowest BCUT2D eigenvalue weighted by atomic mass is 10.2. The van der Waals surface area contributed by atoms with Crippen LogP contribution in [0.3, 0.4) is 0 Å². The van der Waals surface area contributed by atoms with E-state index in [0.717, 1.165) is 5.56 Å². The fourth-order valence-electron chi connectivity index (χ4n) is 2.13. The zero-order valence-corrected chi connectivity index (χ0v) is 15.2. The van der Waals surface area contributed by atoms with Gasteiger partial charge < -0.3 is 14.8 Å². The number of amides is 1. The highest BCUT2D eigenvalue weighted by molar-refractivity contribution is 6.31. The second-order valence-corrected chi connectivity index (χ2v) is 5.98. The van der Waals surface area contributed by atoms with E-state index in [-0.39, 0.29) is 29.4 Å². The third-order valence-corrected chi connectivity index (χ3v) is 3.59. The molecule has 0 atom stereocenters. The summed E-state index contributed by atoms with van der Waals surface area (Å²) in [6, 6.07) is 11.1. The number of carbonyl (C=O) groups excluding carboxylic acids is 2. The highest BCUT2D eigenvalue weighted by Crippen LogP contribution is 2.27. The van der Waals surface area contributed by atoms with Gasteiger partial charge in [0.2, 0.25) is 0 Å². The Labute approximate surface area is 160 Å². The van der Waals surface area contributed by atoms with Crippen LogP contribution < -0.4 is 10.1 Å². The van der Waals surface area contributed by atoms with Gasteiger partial charge in [0, 0.05) is 11.1 Å². The number of nitrogens with zero attached hydrogens (tertiary/aromatic N) is 1. The molecule has 0 aromatic heterocycles. The van der Waals surface area contributed by atoms with Crippen molar-refractivity contribution in [3.8, 4) is 5.75 Å². The zero-order valence-electron chi connectivity index (χ0n) is 14.4. The van der Waals surface area contributed by atoms with E-state index in [2.05, 4.69) is 5.32 Å². The standard InChI is InChI=1S/C18H17ClN2O6/c1-12-3-2-4-14(9-12)26-8-7-18(23)27-11-17(22)20-15-10-13(19)5-6-16(15)21(24)25/h2-6,9-10H,7-8,11H2,1H3,(H,20,22). The Balaban J connectivity index is 1.77. The fourth-order valence-corrected chi connectivity index (χ4v) is 2.30. The first kappa shape index (κ1) is 20.2. The molecular weight excluding hydrogens is 376 g/mol. The van der Waals surface area contributed by atoms with E-state index >= 15 is 0 Å². The molecule has 1 amide bonds. The highest BCUT2D eigenvalue weighted by Gasteiger charge is 2.17. The van der Waals surface area contributed by atoms with Crippen LogP contribution in [-0.4, -0.2) is 30.0 Å². The number of halogens is 1. The van der Waals surface area contributed by atoms with E-state index in [9.17, 15) is 19.7 Å². The molecule has 0 bridgehead atoms. The lowest BCUT2D eigenvalue weighted by Gasteiger charge is -2.08. The second kappa shape index (κ2) is 9.54. The Morgan fingerprint density at radius 2 is 2.00 bits per heavy atom. The molecule has 0 fully saturated rings. The maximum Gasteiger partial charge on any atom is 0.309 e. The van der Waals surface area contributed by atoms with Gasteiger partial charge in [-0.25, -0.2) is 0 Å². The van der Waals surface area contributed by atoms with Crippen LogP contribution in [0.4, 0.5) is 11.4 Å². The summed E-state index contributed by atoms with van der Waals surface area (Å²) in [5.74, 6) is -0.708. The van der Waals surface area contributed by atoms with Gasteiger partial charge in [0.05, 0.1) is 18.0 Å². The summed E-state index contributed by atoms with van der Waals surface area (Å²) >= 11 is 5.78. The van der Waals surface area contributed by atoms with Crippen LogP contribution >= 0.6 is 11.6 Å². The van der Waals surface area contributed by atoms with Crippen LogP contribution in [0.5, 0.6) is 5.75 Å². The average Bonchev–Trinajstić information content (AvgIpc) is 2.60. The smallest absolute Gasteiger partial charge is 0.309 e. The van der Waals surface area contributed by atoms with Crippen molar-refractivity contribution < 1.29 is 24.0 Å². The Morgan fingerprint density at radius 1 is 1.22 bits per heavy atom. The molecule has 9 heteroatoms. The molecular formula is C18H17ClN2O6. The van der Waals surface area contributed by atoms with Crippen molar-refractivity contribution in [2.45, 2.75) is 13.3 Å². The van der Waals surface area contributed by atoms with Crippen molar-refractivity contribution in [2.24, 2.45) is 0 Å². The second-order valence-electron chi connectivity index (χ2n) is 5.54. The molecule has 8 nitrogen and oxygen atoms in total. The van der Waals surface area contributed by atoms with E-state index in [4.69, 9.17) is 21.1 Å². The minimum absolute atomic E-state index is 0.0431. The lowest BCUT2D eigenvalue weighted by molar-refractivity contribution is -0.383. The number of esters is 1. The number of ether oxygens (including phenoxy) is 2. The molecule has 0 saturated carbocycles. The maximum atomic E-state index is 11.9. The van der Waals surface area contributed by atoms with Crippen molar-refractivity contribution in [3.63, 3.8) is 0 Å². The number of carbonyl (C=O) groups is 2. The Kier molecular flexibility index (Phi) is 7.13. The molecule has 1 N–H and O–H groups in total. The number of nitrogens with one attached hydrogen (secondary N) is 1. The van der Waals surface area contributed by atoms with Gasteiger partial charge in [-0.2, -0.15) is 0 Å². The van der Waals surface area contributed by atoms with Gasteiger partial charge in [0.1, 0.15) is 11.4 Å². The van der Waals surface area contributed by atoms with E-state index in [1.54, 1.807) is 6.07 Å². The minimum atomic E-state index is -0.715. The van der Waals surface area contributed by atoms with E-state index in [1.165, 1.54) is 18.2 Å². The third kappa shape index (κ3) is 6.59. The summed E-state index contributed by atoms with van der Waals surface area (Å²) < 4.78 is 10.3. The van der Waals surface area contributed by atoms with Gasteiger partial charge in [-0.05, 0) is 36.8 Å². The molecule has 0 spiro atoms. The number of hydrogen-bond acceptors (Lipinski definition) is 6. The Bertz CT molecular complexity index is 855. The predicted octanol–water partition coefficient (Wildman–Crippen LogP) is 3.51. The zero-order chi connectivity index (χ0) is 19.8. The van der Waals surface area contributed by atoms with E-state index < -0.39 is 23.4 Å². The lowest BCUT2D eigenvalue weighted by Crippen LogP contribution is -2.22. The molecule has 2 rings (SSSR count). The molecule has 2 aromatic carbocycles. The third-order valence-electron chi connectivity index (χ3n) is 3.36. The molecule has 142 valence electrons. The quantitative estimate of drug-likeness (QED) is 0.418. The summed E-state index contributed by atoms with van der Waals surface area (Å²) in [4.78, 5) is 33.8. The first-order valence-electron chi connectivity index (χ1n) is 7.94. The summed E-state index contributed by atoms with van der Waals surface area (Å²) in [6.45, 7) is 1.45. The maximum absolute atomic E-state index is 11.9. The van der Waals surface area contributed by atoms with Gasteiger partial charge in [-0.3, -0.25) is 19.7 Å². The van der Waals surface area contributed by atoms with Crippen LogP contribution in [0.15, 0.2) is 42.5 Å². The van der Waals surface area contributed by atoms with Gasteiger partial charge in [0.25, 0.3) is 11.6 Å². The monoisotopic (exact) mass is 392 g/mol. The van der Waals surface area contributed by atoms with Crippen LogP contribution in [0.2, 0.25) is 5.02 Å². The first-order valence-corrected chi connectivity index (χ1v) is 8.32. The SMILES string of the molecule is Cc1cccc(OCCC(=O)OCC(=O)Nc2cc(Cl)ccc2[N+](=O)[O-])c1. The number of anilines is 1. The van der Waals surface area contributed by atoms with Gasteiger partial charge >= 0.3 is 5.97 Å². The molecule has 0 aliphatic rings. The molecule has 0 saturated heterocycles. The number of nitro groups is 1. The fraction of sp³-hybridized carbons (Fsp3) is 0.222. The molecule has 2 aromatic rings. The Hall–Kier alpha value is -3.13. The van der Waals surface area contributed by atoms with E-state index in [1.807, 2.05) is 25.1 Å². The number of nitro benzene ring substituents is 1. The Morgan fingerprint density at radius 3 is 2.70 bits per heavy atom. The topological polar surface area (TPSA) is 108 Å². The van der Waals surface area contributed by atoms with Crippen LogP contribution in [-0.2, 0) is 14.3 Å². The number of aryl methyl sites for hydroxylation is 1. The van der Waals surface area contributed by atoms with Crippen molar-refractivity contribution in [1.29, 1.82) is 0 Å². The van der Waals surface area contributed by atoms with Gasteiger partial charge in [0.15, 0.2) is 6.61 Å². The van der Waals surface area contributed by atoms with Crippen molar-refractivity contribution >= 4 is 34.9 Å². The van der Waals surface area contributed by atoms with Crippen LogP contribution in [0.1, 0.15) is 12.0 Å². The van der Waals surface area contributed by atoms with Crippen LogP contribution in [0.25, 0.3) is 0 Å². The molecule has 0 heterocycles. The highest BCUT2D eigenvalue weighted by atomic mass is 35.5. The van der Waals surface area contributed by atoms with Crippen molar-refractivity contribution in [2.75, 3.05) is 18.5 Å². The summed E-state index contributed by atoms with van der Waals surface area (Å²) in [6.07, 6.45) is -0.0431. The summed E-state index contributed by atoms with van der Waals surface area (Å²) in [5, 5.41) is 13.5. The minimum Gasteiger partial charge on any atom is -0.493 e. The molecule has 0 radical (unpaired) electrons. The number of rotatable bonds is 8. The summed E-state index contributed by atoms with van der Waals surface area (Å²) in [5.41, 5.74) is 0.642. The molecule has 0 aliphatic carbocycles. The van der Waals surface area contributed by atoms with E-state index in [0.29, 0.717) is 5.75 Å². The van der Waals surface area contributed by atoms with Gasteiger partial charge in [-0.1, -0.05) is 23.7 Å². The molecule has 27 heavy (non-hydrogen) atoms. The normalized spacial score (nSPS) is 10.1. The van der Waals surface area contributed by atoms with Gasteiger partial charge in [-0.15, -0.1) is 0 Å². The molecule has 0 aliphatic heterocycles. The van der Waals surface area contributed by atoms with Crippen molar-refractivity contribution in [1.82, 2.24) is 0 Å². The predicted molar refractivity (Wildman–Crippen MR) is 99.0 cm³/mol. The number of hydrogen-bond donors (Lipinski definition) is 1. The van der Waals surface area contributed by atoms with Crippen LogP contribution in [0, 0.1) is 17.0 Å². The first-order chi connectivity index (χ1) is 12.8. The molecule has 0 unspecified atom stereocenters. The largest absolute Gasteiger partial charge is 0.493 e. The summed E-state index contributed by atoms with van der Waals surface area (Å²) in [7, 11) is 0. The number of benzene rings is 2. The average molecular weight is 393 g/mol.